The minimum absolute atomic E-state index is 0.0158. The first kappa shape index (κ1) is 20.7. The lowest BCUT2D eigenvalue weighted by atomic mass is 9.80. The van der Waals surface area contributed by atoms with Crippen molar-refractivity contribution in [3.63, 3.8) is 0 Å². The fourth-order valence-electron chi connectivity index (χ4n) is 4.73. The lowest BCUT2D eigenvalue weighted by Crippen LogP contribution is -2.47. The molecule has 1 saturated heterocycles. The van der Waals surface area contributed by atoms with Crippen LogP contribution in [0.5, 0.6) is 5.75 Å². The van der Waals surface area contributed by atoms with E-state index < -0.39 is 0 Å². The van der Waals surface area contributed by atoms with Crippen molar-refractivity contribution in [3.05, 3.63) is 29.8 Å². The van der Waals surface area contributed by atoms with Gasteiger partial charge in [-0.2, -0.15) is 0 Å². The van der Waals surface area contributed by atoms with E-state index in [2.05, 4.69) is 17.1 Å². The molecule has 1 heterocycles. The molecule has 1 N–H and O–H groups in total. The van der Waals surface area contributed by atoms with Crippen molar-refractivity contribution in [1.29, 1.82) is 0 Å². The molecule has 1 atom stereocenters. The SMILES string of the molecule is CCC1CCCCN1C(=O)C1CCC(C(=O)NCc2ccccc2OC)CC1. The zero-order valence-electron chi connectivity index (χ0n) is 17.3. The van der Waals surface area contributed by atoms with Gasteiger partial charge in [-0.15, -0.1) is 0 Å². The van der Waals surface area contributed by atoms with E-state index in [1.807, 2.05) is 24.3 Å². The maximum atomic E-state index is 13.0. The fraction of sp³-hybridized carbons (Fsp3) is 0.652. The lowest BCUT2D eigenvalue weighted by Gasteiger charge is -2.39. The average molecular weight is 387 g/mol. The van der Waals surface area contributed by atoms with Gasteiger partial charge in [0, 0.05) is 36.5 Å². The molecule has 3 rings (SSSR count). The third-order valence-corrected chi connectivity index (χ3v) is 6.47. The summed E-state index contributed by atoms with van der Waals surface area (Å²) in [6, 6.07) is 8.17. The number of methoxy groups -OCH3 is 1. The quantitative estimate of drug-likeness (QED) is 0.806. The first-order valence-electron chi connectivity index (χ1n) is 10.8. The molecular formula is C23H34N2O3. The molecule has 0 radical (unpaired) electrons. The van der Waals surface area contributed by atoms with Gasteiger partial charge in [-0.3, -0.25) is 9.59 Å². The predicted molar refractivity (Wildman–Crippen MR) is 110 cm³/mol. The third-order valence-electron chi connectivity index (χ3n) is 6.47. The van der Waals surface area contributed by atoms with Gasteiger partial charge >= 0.3 is 0 Å². The highest BCUT2D eigenvalue weighted by atomic mass is 16.5. The molecule has 1 aliphatic carbocycles. The van der Waals surface area contributed by atoms with Crippen molar-refractivity contribution in [2.45, 2.75) is 70.9 Å². The molecule has 5 nitrogen and oxygen atoms in total. The van der Waals surface area contributed by atoms with Gasteiger partial charge in [0.2, 0.25) is 11.8 Å². The van der Waals surface area contributed by atoms with Gasteiger partial charge < -0.3 is 15.0 Å². The monoisotopic (exact) mass is 386 g/mol. The molecule has 0 aromatic heterocycles. The van der Waals surface area contributed by atoms with E-state index in [9.17, 15) is 9.59 Å². The highest BCUT2D eigenvalue weighted by Crippen LogP contribution is 2.32. The Hall–Kier alpha value is -2.04. The van der Waals surface area contributed by atoms with E-state index in [-0.39, 0.29) is 17.7 Å². The van der Waals surface area contributed by atoms with Gasteiger partial charge in [0.1, 0.15) is 5.75 Å². The number of nitrogens with one attached hydrogen (secondary N) is 1. The van der Waals surface area contributed by atoms with Gasteiger partial charge in [0.25, 0.3) is 0 Å². The number of hydrogen-bond acceptors (Lipinski definition) is 3. The molecule has 0 spiro atoms. The summed E-state index contributed by atoms with van der Waals surface area (Å²) >= 11 is 0. The molecule has 2 amide bonds. The first-order valence-corrected chi connectivity index (χ1v) is 10.8. The van der Waals surface area contributed by atoms with Crippen molar-refractivity contribution in [2.24, 2.45) is 11.8 Å². The number of piperidine rings is 1. The normalized spacial score (nSPS) is 25.2. The Morgan fingerprint density at radius 1 is 1.07 bits per heavy atom. The van der Waals surface area contributed by atoms with Crippen molar-refractivity contribution < 1.29 is 14.3 Å². The maximum absolute atomic E-state index is 13.0. The highest BCUT2D eigenvalue weighted by molar-refractivity contribution is 5.81. The molecule has 5 heteroatoms. The number of rotatable bonds is 6. The summed E-state index contributed by atoms with van der Waals surface area (Å²) in [5.41, 5.74) is 0.984. The summed E-state index contributed by atoms with van der Waals surface area (Å²) in [7, 11) is 1.64. The zero-order chi connectivity index (χ0) is 19.9. The van der Waals surface area contributed by atoms with Crippen molar-refractivity contribution in [2.75, 3.05) is 13.7 Å². The van der Waals surface area contributed by atoms with Gasteiger partial charge in [-0.25, -0.2) is 0 Å². The zero-order valence-corrected chi connectivity index (χ0v) is 17.3. The minimum atomic E-state index is 0.0158. The molecule has 1 saturated carbocycles. The molecule has 2 fully saturated rings. The van der Waals surface area contributed by atoms with Gasteiger partial charge in [-0.1, -0.05) is 25.1 Å². The summed E-state index contributed by atoms with van der Waals surface area (Å²) in [5, 5.41) is 3.05. The topological polar surface area (TPSA) is 58.6 Å². The second-order valence-corrected chi connectivity index (χ2v) is 8.17. The molecule has 1 aromatic rings. The first-order chi connectivity index (χ1) is 13.6. The minimum Gasteiger partial charge on any atom is -0.496 e. The number of carbonyl (C=O) groups excluding carboxylic acids is 2. The molecule has 28 heavy (non-hydrogen) atoms. The molecule has 1 unspecified atom stereocenters. The highest BCUT2D eigenvalue weighted by Gasteiger charge is 2.34. The van der Waals surface area contributed by atoms with Crippen LogP contribution in [0.1, 0.15) is 63.9 Å². The third kappa shape index (κ3) is 4.86. The number of para-hydroxylation sites is 1. The van der Waals surface area contributed by atoms with Crippen LogP contribution in [0.3, 0.4) is 0 Å². The molecule has 0 bridgehead atoms. The molecule has 1 aliphatic heterocycles. The summed E-state index contributed by atoms with van der Waals surface area (Å²) in [4.78, 5) is 27.7. The second-order valence-electron chi connectivity index (χ2n) is 8.17. The van der Waals surface area contributed by atoms with Crippen LogP contribution in [0.25, 0.3) is 0 Å². The largest absolute Gasteiger partial charge is 0.496 e. The van der Waals surface area contributed by atoms with E-state index in [1.165, 1.54) is 6.42 Å². The van der Waals surface area contributed by atoms with Crippen molar-refractivity contribution >= 4 is 11.8 Å². The summed E-state index contributed by atoms with van der Waals surface area (Å²) < 4.78 is 5.35. The summed E-state index contributed by atoms with van der Waals surface area (Å²) in [6.45, 7) is 3.57. The average Bonchev–Trinajstić information content (AvgIpc) is 2.77. The van der Waals surface area contributed by atoms with Crippen molar-refractivity contribution in [1.82, 2.24) is 10.2 Å². The van der Waals surface area contributed by atoms with Crippen LogP contribution in [-0.4, -0.2) is 36.4 Å². The number of hydrogen-bond donors (Lipinski definition) is 1. The fourth-order valence-corrected chi connectivity index (χ4v) is 4.73. The van der Waals surface area contributed by atoms with E-state index in [0.29, 0.717) is 18.5 Å². The van der Waals surface area contributed by atoms with E-state index in [0.717, 1.165) is 62.8 Å². The Kier molecular flexibility index (Phi) is 7.35. The Labute approximate surface area is 168 Å². The Morgan fingerprint density at radius 3 is 2.50 bits per heavy atom. The molecule has 1 aromatic carbocycles. The van der Waals surface area contributed by atoms with Crippen LogP contribution in [0, 0.1) is 11.8 Å². The van der Waals surface area contributed by atoms with Crippen LogP contribution in [-0.2, 0) is 16.1 Å². The molecular weight excluding hydrogens is 352 g/mol. The smallest absolute Gasteiger partial charge is 0.225 e. The number of ether oxygens (including phenoxy) is 1. The van der Waals surface area contributed by atoms with Crippen LogP contribution < -0.4 is 10.1 Å². The van der Waals surface area contributed by atoms with E-state index in [4.69, 9.17) is 4.74 Å². The van der Waals surface area contributed by atoms with Crippen molar-refractivity contribution in [3.8, 4) is 5.75 Å². The summed E-state index contributed by atoms with van der Waals surface area (Å²) in [5.74, 6) is 1.34. The number of benzene rings is 1. The molecule has 2 aliphatic rings. The van der Waals surface area contributed by atoms with E-state index in [1.54, 1.807) is 7.11 Å². The lowest BCUT2D eigenvalue weighted by molar-refractivity contribution is -0.142. The number of carbonyl (C=O) groups is 2. The van der Waals surface area contributed by atoms with Gasteiger partial charge in [0.05, 0.1) is 7.11 Å². The maximum Gasteiger partial charge on any atom is 0.225 e. The Balaban J connectivity index is 1.48. The number of nitrogens with zero attached hydrogens (tertiary/aromatic N) is 1. The Bertz CT molecular complexity index is 668. The Morgan fingerprint density at radius 2 is 1.79 bits per heavy atom. The van der Waals surface area contributed by atoms with Crippen LogP contribution in [0.15, 0.2) is 24.3 Å². The van der Waals surface area contributed by atoms with Gasteiger partial charge in [-0.05, 0) is 57.4 Å². The standard InChI is InChI=1S/C23H34N2O3/c1-3-20-9-6-7-15-25(20)23(27)18-13-11-17(12-14-18)22(26)24-16-19-8-4-5-10-21(19)28-2/h4-5,8,10,17-18,20H,3,6-7,9,11-16H2,1-2H3,(H,24,26). The number of likely N-dealkylation sites (tertiary alicyclic amines) is 1. The summed E-state index contributed by atoms with van der Waals surface area (Å²) in [6.07, 6.45) is 7.83. The van der Waals surface area contributed by atoms with Gasteiger partial charge in [0.15, 0.2) is 0 Å². The van der Waals surface area contributed by atoms with Crippen LogP contribution >= 0.6 is 0 Å². The predicted octanol–water partition coefficient (Wildman–Crippen LogP) is 3.91. The molecule has 154 valence electrons. The van der Waals surface area contributed by atoms with Crippen LogP contribution in [0.2, 0.25) is 0 Å². The van der Waals surface area contributed by atoms with Crippen LogP contribution in [0.4, 0.5) is 0 Å². The number of amides is 2. The second kappa shape index (κ2) is 9.94. The van der Waals surface area contributed by atoms with E-state index >= 15 is 0 Å².